The molecular weight excluding hydrogens is 289 g/mol. The van der Waals surface area contributed by atoms with E-state index in [1.54, 1.807) is 24.3 Å². The number of halogens is 1. The Morgan fingerprint density at radius 1 is 1.27 bits per heavy atom. The first-order valence-electron chi connectivity index (χ1n) is 6.58. The van der Waals surface area contributed by atoms with Crippen molar-refractivity contribution in [3.8, 4) is 5.75 Å². The highest BCUT2D eigenvalue weighted by molar-refractivity contribution is 5.95. The lowest BCUT2D eigenvalue weighted by atomic mass is 10.1. The van der Waals surface area contributed by atoms with E-state index < -0.39 is 0 Å². The average Bonchev–Trinajstić information content (AvgIpc) is 2.49. The Balaban J connectivity index is 1.67. The first-order valence-corrected chi connectivity index (χ1v) is 6.58. The number of hydrogen-bond acceptors (Lipinski definition) is 4. The van der Waals surface area contributed by atoms with Crippen LogP contribution in [0.25, 0.3) is 0 Å². The predicted octanol–water partition coefficient (Wildman–Crippen LogP) is 1.73. The zero-order valence-electron chi connectivity index (χ0n) is 11.4. The summed E-state index contributed by atoms with van der Waals surface area (Å²) in [4.78, 5) is 27.3. The van der Waals surface area contributed by atoms with Gasteiger partial charge in [-0.1, -0.05) is 12.1 Å². The van der Waals surface area contributed by atoms with Gasteiger partial charge in [-0.2, -0.15) is 0 Å². The Bertz CT molecular complexity index is 731. The first-order chi connectivity index (χ1) is 10.6. The number of amides is 2. The molecule has 0 spiro atoms. The van der Waals surface area contributed by atoms with E-state index in [1.165, 1.54) is 12.1 Å². The van der Waals surface area contributed by atoms with Gasteiger partial charge in [0, 0.05) is 0 Å². The molecule has 2 heterocycles. The van der Waals surface area contributed by atoms with Crippen LogP contribution >= 0.6 is 0 Å². The molecule has 1 aromatic heterocycles. The molecule has 2 aromatic rings. The summed E-state index contributed by atoms with van der Waals surface area (Å²) in [5.74, 6) is 0.0942. The second-order valence-corrected chi connectivity index (χ2v) is 4.73. The molecule has 0 unspecified atom stereocenters. The minimum absolute atomic E-state index is 0.0506. The van der Waals surface area contributed by atoms with Crippen LogP contribution in [0.4, 0.5) is 16.0 Å². The molecule has 1 aromatic carbocycles. The standard InChI is InChI=1S/C15H12FN3O3/c16-10-3-1-9(2-4-10)7-13(20)17-12-6-5-11-15(18-12)19-14(21)8-22-11/h1-6H,7-8H2,(H2,17,18,19,20,21). The molecular formula is C15H12FN3O3. The number of ether oxygens (including phenoxy) is 1. The minimum atomic E-state index is -0.351. The number of rotatable bonds is 3. The maximum absolute atomic E-state index is 12.8. The summed E-state index contributed by atoms with van der Waals surface area (Å²) in [5, 5.41) is 5.18. The lowest BCUT2D eigenvalue weighted by molar-refractivity contribution is -0.118. The lowest BCUT2D eigenvalue weighted by Gasteiger charge is -2.17. The van der Waals surface area contributed by atoms with E-state index >= 15 is 0 Å². The fourth-order valence-electron chi connectivity index (χ4n) is 2.01. The van der Waals surface area contributed by atoms with Crippen molar-refractivity contribution < 1.29 is 18.7 Å². The SMILES string of the molecule is O=C(Cc1ccc(F)cc1)Nc1ccc2c(n1)NC(=O)CO2. The number of nitrogens with zero attached hydrogens (tertiary/aromatic N) is 1. The number of fused-ring (bicyclic) bond motifs is 1. The Morgan fingerprint density at radius 2 is 2.05 bits per heavy atom. The van der Waals surface area contributed by atoms with Gasteiger partial charge in [-0.3, -0.25) is 9.59 Å². The van der Waals surface area contributed by atoms with Crippen LogP contribution < -0.4 is 15.4 Å². The number of pyridine rings is 1. The van der Waals surface area contributed by atoms with Crippen LogP contribution in [0.5, 0.6) is 5.75 Å². The number of carbonyl (C=O) groups excluding carboxylic acids is 2. The fraction of sp³-hybridized carbons (Fsp3) is 0.133. The van der Waals surface area contributed by atoms with Gasteiger partial charge in [-0.05, 0) is 29.8 Å². The lowest BCUT2D eigenvalue weighted by Crippen LogP contribution is -2.26. The molecule has 0 saturated carbocycles. The van der Waals surface area contributed by atoms with Gasteiger partial charge in [0.15, 0.2) is 18.2 Å². The summed E-state index contributed by atoms with van der Waals surface area (Å²) < 4.78 is 18.0. The third kappa shape index (κ3) is 3.20. The minimum Gasteiger partial charge on any atom is -0.480 e. The molecule has 7 heteroatoms. The number of anilines is 2. The highest BCUT2D eigenvalue weighted by atomic mass is 19.1. The van der Waals surface area contributed by atoms with Crippen LogP contribution in [-0.2, 0) is 16.0 Å². The molecule has 2 amide bonds. The molecule has 22 heavy (non-hydrogen) atoms. The molecule has 0 aliphatic carbocycles. The quantitative estimate of drug-likeness (QED) is 0.905. The Morgan fingerprint density at radius 3 is 2.82 bits per heavy atom. The fourth-order valence-corrected chi connectivity index (χ4v) is 2.01. The van der Waals surface area contributed by atoms with Crippen LogP contribution in [0.3, 0.4) is 0 Å². The van der Waals surface area contributed by atoms with Gasteiger partial charge in [0.2, 0.25) is 5.91 Å². The molecule has 112 valence electrons. The van der Waals surface area contributed by atoms with Crippen molar-refractivity contribution in [1.82, 2.24) is 4.98 Å². The van der Waals surface area contributed by atoms with Gasteiger partial charge < -0.3 is 15.4 Å². The van der Waals surface area contributed by atoms with Gasteiger partial charge in [0.25, 0.3) is 5.91 Å². The van der Waals surface area contributed by atoms with Crippen LogP contribution in [0.2, 0.25) is 0 Å². The van der Waals surface area contributed by atoms with Crippen molar-refractivity contribution in [1.29, 1.82) is 0 Å². The highest BCUT2D eigenvalue weighted by Crippen LogP contribution is 2.26. The average molecular weight is 301 g/mol. The van der Waals surface area contributed by atoms with E-state index in [2.05, 4.69) is 15.6 Å². The van der Waals surface area contributed by atoms with E-state index in [4.69, 9.17) is 4.74 Å². The summed E-state index contributed by atoms with van der Waals surface area (Å²) >= 11 is 0. The maximum atomic E-state index is 12.8. The molecule has 1 aliphatic heterocycles. The van der Waals surface area contributed by atoms with E-state index in [-0.39, 0.29) is 36.5 Å². The smallest absolute Gasteiger partial charge is 0.263 e. The van der Waals surface area contributed by atoms with Gasteiger partial charge in [-0.15, -0.1) is 0 Å². The highest BCUT2D eigenvalue weighted by Gasteiger charge is 2.18. The maximum Gasteiger partial charge on any atom is 0.263 e. The van der Waals surface area contributed by atoms with Gasteiger partial charge in [0.05, 0.1) is 6.42 Å². The van der Waals surface area contributed by atoms with Crippen molar-refractivity contribution in [2.45, 2.75) is 6.42 Å². The monoisotopic (exact) mass is 301 g/mol. The Labute approximate surface area is 125 Å². The molecule has 0 radical (unpaired) electrons. The second-order valence-electron chi connectivity index (χ2n) is 4.73. The zero-order chi connectivity index (χ0) is 15.5. The summed E-state index contributed by atoms with van der Waals surface area (Å²) in [5.41, 5.74) is 0.688. The van der Waals surface area contributed by atoms with E-state index in [0.717, 1.165) is 0 Å². The molecule has 0 saturated heterocycles. The van der Waals surface area contributed by atoms with Crippen LogP contribution in [0.1, 0.15) is 5.56 Å². The van der Waals surface area contributed by atoms with Gasteiger partial charge in [-0.25, -0.2) is 9.37 Å². The summed E-state index contributed by atoms with van der Waals surface area (Å²) in [6, 6.07) is 8.89. The largest absolute Gasteiger partial charge is 0.480 e. The Kier molecular flexibility index (Phi) is 3.69. The third-order valence-corrected chi connectivity index (χ3v) is 3.02. The van der Waals surface area contributed by atoms with Gasteiger partial charge >= 0.3 is 0 Å². The van der Waals surface area contributed by atoms with Crippen molar-refractivity contribution in [3.63, 3.8) is 0 Å². The van der Waals surface area contributed by atoms with Crippen LogP contribution in [-0.4, -0.2) is 23.4 Å². The van der Waals surface area contributed by atoms with E-state index in [9.17, 15) is 14.0 Å². The van der Waals surface area contributed by atoms with Crippen LogP contribution in [0.15, 0.2) is 36.4 Å². The topological polar surface area (TPSA) is 80.3 Å². The summed E-state index contributed by atoms with van der Waals surface area (Å²) in [6.45, 7) is -0.0506. The number of nitrogens with one attached hydrogen (secondary N) is 2. The zero-order valence-corrected chi connectivity index (χ0v) is 11.4. The number of aromatic nitrogens is 1. The molecule has 1 aliphatic rings. The summed E-state index contributed by atoms with van der Waals surface area (Å²) in [6.07, 6.45) is 0.0991. The first kappa shape index (κ1) is 14.0. The van der Waals surface area contributed by atoms with Crippen molar-refractivity contribution >= 4 is 23.5 Å². The third-order valence-electron chi connectivity index (χ3n) is 3.02. The van der Waals surface area contributed by atoms with E-state index in [0.29, 0.717) is 17.1 Å². The second kappa shape index (κ2) is 5.80. The number of carbonyl (C=O) groups is 2. The molecule has 0 fully saturated rings. The molecule has 3 rings (SSSR count). The molecule has 2 N–H and O–H groups in total. The van der Waals surface area contributed by atoms with Crippen molar-refractivity contribution in [2.24, 2.45) is 0 Å². The van der Waals surface area contributed by atoms with Gasteiger partial charge in [0.1, 0.15) is 11.6 Å². The molecule has 6 nitrogen and oxygen atoms in total. The van der Waals surface area contributed by atoms with E-state index in [1.807, 2.05) is 0 Å². The predicted molar refractivity (Wildman–Crippen MR) is 77.1 cm³/mol. The molecule has 0 atom stereocenters. The van der Waals surface area contributed by atoms with Crippen LogP contribution in [0, 0.1) is 5.82 Å². The number of hydrogen-bond donors (Lipinski definition) is 2. The van der Waals surface area contributed by atoms with Crippen molar-refractivity contribution in [2.75, 3.05) is 17.2 Å². The normalized spacial score (nSPS) is 12.9. The van der Waals surface area contributed by atoms with Crippen molar-refractivity contribution in [3.05, 3.63) is 47.8 Å². The number of benzene rings is 1. The molecule has 0 bridgehead atoms. The summed E-state index contributed by atoms with van der Waals surface area (Å²) in [7, 11) is 0. The Hall–Kier alpha value is -2.96.